The molecule has 2 heterocycles. The molecule has 1 aromatic carbocycles. The van der Waals surface area contributed by atoms with Crippen LogP contribution in [0.2, 0.25) is 0 Å². The van der Waals surface area contributed by atoms with Crippen LogP contribution < -0.4 is 4.90 Å². The third-order valence-electron chi connectivity index (χ3n) is 4.81. The number of likely N-dealkylation sites (tertiary alicyclic amines) is 1. The van der Waals surface area contributed by atoms with Crippen LogP contribution in [0.5, 0.6) is 0 Å². The van der Waals surface area contributed by atoms with Gasteiger partial charge in [0.25, 0.3) is 0 Å². The number of benzene rings is 1. The number of likely N-dealkylation sites (N-methyl/N-ethyl adjacent to an activating group) is 2. The summed E-state index contributed by atoms with van der Waals surface area (Å²) in [4.78, 5) is 39.3. The predicted molar refractivity (Wildman–Crippen MR) is 95.0 cm³/mol. The molecule has 10 heteroatoms. The summed E-state index contributed by atoms with van der Waals surface area (Å²) >= 11 is 0. The highest BCUT2D eigenvalue weighted by Gasteiger charge is 2.54. The lowest BCUT2D eigenvalue weighted by Crippen LogP contribution is -2.43. The van der Waals surface area contributed by atoms with Crippen LogP contribution in [0.3, 0.4) is 0 Å². The summed E-state index contributed by atoms with van der Waals surface area (Å²) in [6.45, 7) is 1.54. The summed E-state index contributed by atoms with van der Waals surface area (Å²) < 4.78 is 31.7. The highest BCUT2D eigenvalue weighted by molar-refractivity contribution is 6.08. The van der Waals surface area contributed by atoms with Crippen molar-refractivity contribution in [3.05, 3.63) is 29.8 Å². The Labute approximate surface area is 160 Å². The highest BCUT2D eigenvalue weighted by Crippen LogP contribution is 2.46. The van der Waals surface area contributed by atoms with Gasteiger partial charge < -0.3 is 19.8 Å². The molecular weight excluding hydrogens is 379 g/mol. The molecule has 1 unspecified atom stereocenters. The molecule has 2 aliphatic rings. The van der Waals surface area contributed by atoms with E-state index < -0.39 is 17.6 Å². The average Bonchev–Trinajstić information content (AvgIpc) is 3.13. The Hall–Kier alpha value is -2.62. The second-order valence-corrected chi connectivity index (χ2v) is 7.07. The normalized spacial score (nSPS) is 21.0. The van der Waals surface area contributed by atoms with E-state index in [0.29, 0.717) is 26.1 Å². The van der Waals surface area contributed by atoms with E-state index in [1.165, 1.54) is 0 Å². The van der Waals surface area contributed by atoms with E-state index in [0.717, 1.165) is 11.3 Å². The molecule has 2 amide bonds. The van der Waals surface area contributed by atoms with E-state index in [1.54, 1.807) is 4.90 Å². The number of anilines is 1. The van der Waals surface area contributed by atoms with Crippen molar-refractivity contribution in [1.29, 1.82) is 0 Å². The summed E-state index contributed by atoms with van der Waals surface area (Å²) in [5.74, 6) is -2.55. The molecule has 2 aliphatic heterocycles. The van der Waals surface area contributed by atoms with Gasteiger partial charge in [-0.2, -0.15) is 13.2 Å². The maximum Gasteiger partial charge on any atom is 0.490 e. The lowest BCUT2D eigenvalue weighted by molar-refractivity contribution is -0.192. The number of para-hydroxylation sites is 1. The van der Waals surface area contributed by atoms with Crippen molar-refractivity contribution < 1.29 is 32.7 Å². The van der Waals surface area contributed by atoms with Crippen LogP contribution in [0.25, 0.3) is 0 Å². The Morgan fingerprint density at radius 3 is 2.36 bits per heavy atom. The van der Waals surface area contributed by atoms with Gasteiger partial charge in [0.15, 0.2) is 0 Å². The minimum atomic E-state index is -5.08. The number of carbonyl (C=O) groups is 3. The maximum absolute atomic E-state index is 12.8. The Morgan fingerprint density at radius 1 is 1.25 bits per heavy atom. The number of aliphatic carboxylic acids is 1. The molecule has 0 aromatic heterocycles. The van der Waals surface area contributed by atoms with E-state index in [9.17, 15) is 22.8 Å². The van der Waals surface area contributed by atoms with E-state index in [1.807, 2.05) is 55.2 Å². The molecule has 28 heavy (non-hydrogen) atoms. The molecule has 0 radical (unpaired) electrons. The van der Waals surface area contributed by atoms with Gasteiger partial charge in [0.2, 0.25) is 11.8 Å². The van der Waals surface area contributed by atoms with Gasteiger partial charge in [0.1, 0.15) is 0 Å². The van der Waals surface area contributed by atoms with Gasteiger partial charge in [-0.3, -0.25) is 9.59 Å². The summed E-state index contributed by atoms with van der Waals surface area (Å²) in [5.41, 5.74) is 1.51. The second kappa shape index (κ2) is 7.78. The smallest absolute Gasteiger partial charge is 0.475 e. The third-order valence-corrected chi connectivity index (χ3v) is 4.81. The SMILES string of the molecule is CN(C)CC(=O)N1CCC2(C1)C(=O)N(C)c1ccccc12.O=C(O)C(F)(F)F. The Bertz CT molecular complexity index is 782. The highest BCUT2D eigenvalue weighted by atomic mass is 19.4. The van der Waals surface area contributed by atoms with Crippen LogP contribution in [0.4, 0.5) is 18.9 Å². The van der Waals surface area contributed by atoms with Crippen LogP contribution in [0.1, 0.15) is 12.0 Å². The standard InChI is InChI=1S/C16H21N3O2.C2HF3O2/c1-17(2)10-14(20)19-9-8-16(11-19)12-6-4-5-7-13(12)18(3)15(16)21;3-2(4,5)1(6)7/h4-7H,8-11H2,1-3H3;(H,6,7). The first-order chi connectivity index (χ1) is 12.9. The van der Waals surface area contributed by atoms with E-state index in [-0.39, 0.29) is 11.8 Å². The summed E-state index contributed by atoms with van der Waals surface area (Å²) in [6, 6.07) is 7.92. The van der Waals surface area contributed by atoms with Crippen molar-refractivity contribution in [3.8, 4) is 0 Å². The molecule has 1 aromatic rings. The van der Waals surface area contributed by atoms with Gasteiger partial charge in [-0.25, -0.2) is 4.79 Å². The fourth-order valence-electron chi connectivity index (χ4n) is 3.50. The van der Waals surface area contributed by atoms with Gasteiger partial charge in [-0.1, -0.05) is 18.2 Å². The zero-order valence-electron chi connectivity index (χ0n) is 15.8. The molecular formula is C18H22F3N3O4. The lowest BCUT2D eigenvalue weighted by atomic mass is 9.81. The first-order valence-corrected chi connectivity index (χ1v) is 8.50. The number of hydrogen-bond donors (Lipinski definition) is 1. The van der Waals surface area contributed by atoms with Crippen LogP contribution in [0.15, 0.2) is 24.3 Å². The fourth-order valence-corrected chi connectivity index (χ4v) is 3.50. The molecule has 1 atom stereocenters. The quantitative estimate of drug-likeness (QED) is 0.809. The van der Waals surface area contributed by atoms with Crippen molar-refractivity contribution in [2.24, 2.45) is 0 Å². The van der Waals surface area contributed by atoms with Gasteiger partial charge in [-0.15, -0.1) is 0 Å². The largest absolute Gasteiger partial charge is 0.490 e. The van der Waals surface area contributed by atoms with E-state index in [4.69, 9.17) is 9.90 Å². The fraction of sp³-hybridized carbons (Fsp3) is 0.500. The number of rotatable bonds is 2. The van der Waals surface area contributed by atoms with Crippen molar-refractivity contribution >= 4 is 23.5 Å². The minimum Gasteiger partial charge on any atom is -0.475 e. The monoisotopic (exact) mass is 401 g/mol. The molecule has 154 valence electrons. The number of alkyl halides is 3. The molecule has 1 fully saturated rings. The molecule has 0 saturated carbocycles. The zero-order valence-corrected chi connectivity index (χ0v) is 15.8. The zero-order chi connectivity index (χ0) is 21.3. The number of halogens is 3. The molecule has 1 spiro atoms. The first-order valence-electron chi connectivity index (χ1n) is 8.50. The number of amides is 2. The van der Waals surface area contributed by atoms with Crippen LogP contribution >= 0.6 is 0 Å². The second-order valence-electron chi connectivity index (χ2n) is 7.07. The minimum absolute atomic E-state index is 0.0942. The van der Waals surface area contributed by atoms with Crippen molar-refractivity contribution in [2.75, 3.05) is 45.7 Å². The van der Waals surface area contributed by atoms with Crippen molar-refractivity contribution in [2.45, 2.75) is 18.0 Å². The average molecular weight is 401 g/mol. The molecule has 1 saturated heterocycles. The van der Waals surface area contributed by atoms with Crippen LogP contribution in [-0.2, 0) is 19.8 Å². The van der Waals surface area contributed by atoms with Gasteiger partial charge in [0.05, 0.1) is 12.0 Å². The van der Waals surface area contributed by atoms with Crippen LogP contribution in [-0.4, -0.2) is 79.6 Å². The number of fused-ring (bicyclic) bond motifs is 2. The molecule has 7 nitrogen and oxygen atoms in total. The van der Waals surface area contributed by atoms with E-state index in [2.05, 4.69) is 0 Å². The number of hydrogen-bond acceptors (Lipinski definition) is 4. The van der Waals surface area contributed by atoms with Crippen molar-refractivity contribution in [3.63, 3.8) is 0 Å². The summed E-state index contributed by atoms with van der Waals surface area (Å²) in [5, 5.41) is 7.12. The maximum atomic E-state index is 12.8. The van der Waals surface area contributed by atoms with E-state index >= 15 is 0 Å². The first kappa shape index (κ1) is 21.7. The molecule has 3 rings (SSSR count). The van der Waals surface area contributed by atoms with Gasteiger partial charge in [0, 0.05) is 25.8 Å². The number of carboxylic acid groups (broad SMARTS) is 1. The number of nitrogens with zero attached hydrogens (tertiary/aromatic N) is 3. The molecule has 1 N–H and O–H groups in total. The number of carbonyl (C=O) groups excluding carboxylic acids is 2. The lowest BCUT2D eigenvalue weighted by Gasteiger charge is -2.24. The molecule has 0 bridgehead atoms. The topological polar surface area (TPSA) is 81.2 Å². The Morgan fingerprint density at radius 2 is 1.82 bits per heavy atom. The van der Waals surface area contributed by atoms with Crippen LogP contribution in [0, 0.1) is 0 Å². The van der Waals surface area contributed by atoms with Gasteiger partial charge >= 0.3 is 12.1 Å². The summed E-state index contributed by atoms with van der Waals surface area (Å²) in [7, 11) is 5.58. The summed E-state index contributed by atoms with van der Waals surface area (Å²) in [6.07, 6.45) is -4.37. The van der Waals surface area contributed by atoms with Crippen molar-refractivity contribution in [1.82, 2.24) is 9.80 Å². The number of carboxylic acids is 1. The molecule has 0 aliphatic carbocycles. The predicted octanol–water partition coefficient (Wildman–Crippen LogP) is 1.33. The Kier molecular flexibility index (Phi) is 6.03. The Balaban J connectivity index is 0.000000345. The third kappa shape index (κ3) is 4.11. The van der Waals surface area contributed by atoms with Gasteiger partial charge in [-0.05, 0) is 32.1 Å².